The van der Waals surface area contributed by atoms with Crippen LogP contribution < -0.4 is 10.6 Å². The number of hydrogen-bond donors (Lipinski definition) is 2. The Morgan fingerprint density at radius 3 is 2.56 bits per heavy atom. The number of amides is 1. The zero-order chi connectivity index (χ0) is 12.0. The van der Waals surface area contributed by atoms with E-state index in [1.165, 1.54) is 12.8 Å². The third-order valence-corrected chi connectivity index (χ3v) is 3.73. The summed E-state index contributed by atoms with van der Waals surface area (Å²) in [7, 11) is 0. The molecule has 0 unspecified atom stereocenters. The van der Waals surface area contributed by atoms with Crippen LogP contribution in [-0.2, 0) is 4.79 Å². The molecule has 0 atom stereocenters. The highest BCUT2D eigenvalue weighted by Gasteiger charge is 2.44. The summed E-state index contributed by atoms with van der Waals surface area (Å²) in [4.78, 5) is 11.4. The molecule has 0 radical (unpaired) electrons. The molecule has 2 N–H and O–H groups in total. The third-order valence-electron chi connectivity index (χ3n) is 3.73. The predicted octanol–water partition coefficient (Wildman–Crippen LogP) is 1.93. The molecule has 3 heteroatoms. The largest absolute Gasteiger partial charge is 0.355 e. The molecule has 0 aromatic heterocycles. The summed E-state index contributed by atoms with van der Waals surface area (Å²) in [5, 5.41) is 6.20. The second-order valence-electron chi connectivity index (χ2n) is 5.32. The number of hydrogen-bond acceptors (Lipinski definition) is 2. The first-order valence-electron chi connectivity index (χ1n) is 6.58. The van der Waals surface area contributed by atoms with E-state index in [-0.39, 0.29) is 5.91 Å². The summed E-state index contributed by atoms with van der Waals surface area (Å²) >= 11 is 0. The van der Waals surface area contributed by atoms with E-state index in [9.17, 15) is 4.79 Å². The lowest BCUT2D eigenvalue weighted by Gasteiger charge is -2.19. The van der Waals surface area contributed by atoms with E-state index in [2.05, 4.69) is 31.4 Å². The van der Waals surface area contributed by atoms with Gasteiger partial charge in [-0.25, -0.2) is 0 Å². The highest BCUT2D eigenvalue weighted by Crippen LogP contribution is 2.51. The fraction of sp³-hybridized carbons (Fsp3) is 0.923. The Hall–Kier alpha value is -0.570. The molecular weight excluding hydrogens is 200 g/mol. The van der Waals surface area contributed by atoms with Gasteiger partial charge in [0, 0.05) is 13.1 Å². The molecule has 1 aliphatic carbocycles. The Morgan fingerprint density at radius 1 is 1.38 bits per heavy atom. The average Bonchev–Trinajstić information content (AvgIpc) is 2.99. The van der Waals surface area contributed by atoms with Gasteiger partial charge in [0.1, 0.15) is 0 Å². The van der Waals surface area contributed by atoms with Gasteiger partial charge in [0.25, 0.3) is 0 Å². The summed E-state index contributed by atoms with van der Waals surface area (Å²) in [6, 6.07) is 0. The summed E-state index contributed by atoms with van der Waals surface area (Å²) in [6.07, 6.45) is 4.83. The van der Waals surface area contributed by atoms with Crippen molar-refractivity contribution in [3.05, 3.63) is 0 Å². The third kappa shape index (κ3) is 4.12. The first kappa shape index (κ1) is 13.5. The molecule has 0 aliphatic heterocycles. The first-order chi connectivity index (χ1) is 7.60. The van der Waals surface area contributed by atoms with Crippen molar-refractivity contribution >= 4 is 5.91 Å². The topological polar surface area (TPSA) is 41.1 Å². The van der Waals surface area contributed by atoms with E-state index >= 15 is 0 Å². The summed E-state index contributed by atoms with van der Waals surface area (Å²) < 4.78 is 0. The standard InChI is InChI=1S/C13H26N2O/c1-4-5-8-15-12(16)9-14-10-13(6-7-13)11(2)3/h11,14H,4-10H2,1-3H3,(H,15,16). The molecule has 1 aliphatic rings. The van der Waals surface area contributed by atoms with Gasteiger partial charge >= 0.3 is 0 Å². The molecule has 0 heterocycles. The molecule has 1 saturated carbocycles. The van der Waals surface area contributed by atoms with Crippen LogP contribution in [-0.4, -0.2) is 25.5 Å². The zero-order valence-electron chi connectivity index (χ0n) is 10.9. The Labute approximate surface area is 99.4 Å². The lowest BCUT2D eigenvalue weighted by atomic mass is 9.92. The molecule has 0 spiro atoms. The van der Waals surface area contributed by atoms with Crippen molar-refractivity contribution in [3.63, 3.8) is 0 Å². The molecule has 1 rings (SSSR count). The highest BCUT2D eigenvalue weighted by molar-refractivity contribution is 5.77. The molecule has 0 saturated heterocycles. The molecule has 3 nitrogen and oxygen atoms in total. The van der Waals surface area contributed by atoms with E-state index in [1.807, 2.05) is 0 Å². The van der Waals surface area contributed by atoms with Gasteiger partial charge in [-0.1, -0.05) is 27.2 Å². The van der Waals surface area contributed by atoms with Gasteiger partial charge in [-0.05, 0) is 30.6 Å². The summed E-state index contributed by atoms with van der Waals surface area (Å²) in [5.74, 6) is 0.858. The van der Waals surface area contributed by atoms with Gasteiger partial charge < -0.3 is 10.6 Å². The monoisotopic (exact) mass is 226 g/mol. The zero-order valence-corrected chi connectivity index (χ0v) is 10.9. The number of unbranched alkanes of at least 4 members (excludes halogenated alkanes) is 1. The lowest BCUT2D eigenvalue weighted by molar-refractivity contribution is -0.120. The summed E-state index contributed by atoms with van der Waals surface area (Å²) in [5.41, 5.74) is 0.490. The average molecular weight is 226 g/mol. The lowest BCUT2D eigenvalue weighted by Crippen LogP contribution is -2.37. The molecule has 1 amide bonds. The maximum Gasteiger partial charge on any atom is 0.233 e. The van der Waals surface area contributed by atoms with Gasteiger partial charge in [-0.15, -0.1) is 0 Å². The molecule has 1 fully saturated rings. The Bertz CT molecular complexity index is 222. The van der Waals surface area contributed by atoms with Crippen LogP contribution in [0, 0.1) is 11.3 Å². The van der Waals surface area contributed by atoms with Crippen molar-refractivity contribution in [1.29, 1.82) is 0 Å². The van der Waals surface area contributed by atoms with Crippen molar-refractivity contribution in [1.82, 2.24) is 10.6 Å². The van der Waals surface area contributed by atoms with Crippen molar-refractivity contribution in [3.8, 4) is 0 Å². The van der Waals surface area contributed by atoms with Gasteiger partial charge in [-0.3, -0.25) is 4.79 Å². The Balaban J connectivity index is 2.04. The van der Waals surface area contributed by atoms with Crippen LogP contribution in [0.15, 0.2) is 0 Å². The molecule has 0 aromatic rings. The molecule has 16 heavy (non-hydrogen) atoms. The van der Waals surface area contributed by atoms with E-state index in [1.54, 1.807) is 0 Å². The predicted molar refractivity (Wildman–Crippen MR) is 67.3 cm³/mol. The minimum Gasteiger partial charge on any atom is -0.355 e. The normalized spacial score (nSPS) is 17.5. The number of carbonyl (C=O) groups is 1. The number of nitrogens with one attached hydrogen (secondary N) is 2. The van der Waals surface area contributed by atoms with Crippen LogP contribution in [0.2, 0.25) is 0 Å². The fourth-order valence-electron chi connectivity index (χ4n) is 2.01. The van der Waals surface area contributed by atoms with Crippen molar-refractivity contribution in [2.45, 2.75) is 46.5 Å². The quantitative estimate of drug-likeness (QED) is 0.621. The van der Waals surface area contributed by atoms with Crippen LogP contribution in [0.4, 0.5) is 0 Å². The number of carbonyl (C=O) groups excluding carboxylic acids is 1. The second kappa shape index (κ2) is 6.24. The molecule has 0 aromatic carbocycles. The van der Waals surface area contributed by atoms with Crippen molar-refractivity contribution in [2.24, 2.45) is 11.3 Å². The highest BCUT2D eigenvalue weighted by atomic mass is 16.1. The van der Waals surface area contributed by atoms with Gasteiger partial charge in [-0.2, -0.15) is 0 Å². The van der Waals surface area contributed by atoms with Crippen LogP contribution in [0.3, 0.4) is 0 Å². The van der Waals surface area contributed by atoms with E-state index < -0.39 is 0 Å². The molecular formula is C13H26N2O. The van der Waals surface area contributed by atoms with Gasteiger partial charge in [0.05, 0.1) is 6.54 Å². The Kier molecular flexibility index (Phi) is 5.26. The Morgan fingerprint density at radius 2 is 2.06 bits per heavy atom. The second-order valence-corrected chi connectivity index (χ2v) is 5.32. The maximum absolute atomic E-state index is 11.4. The smallest absolute Gasteiger partial charge is 0.233 e. The molecule has 0 bridgehead atoms. The van der Waals surface area contributed by atoms with Crippen molar-refractivity contribution in [2.75, 3.05) is 19.6 Å². The van der Waals surface area contributed by atoms with Crippen LogP contribution >= 0.6 is 0 Å². The van der Waals surface area contributed by atoms with Crippen LogP contribution in [0.1, 0.15) is 46.5 Å². The first-order valence-corrected chi connectivity index (χ1v) is 6.58. The minimum absolute atomic E-state index is 0.132. The van der Waals surface area contributed by atoms with E-state index in [0.717, 1.165) is 31.8 Å². The van der Waals surface area contributed by atoms with Gasteiger partial charge in [0.2, 0.25) is 5.91 Å². The van der Waals surface area contributed by atoms with Crippen LogP contribution in [0.25, 0.3) is 0 Å². The minimum atomic E-state index is 0.132. The summed E-state index contributed by atoms with van der Waals surface area (Å²) in [6.45, 7) is 8.95. The van der Waals surface area contributed by atoms with E-state index in [4.69, 9.17) is 0 Å². The van der Waals surface area contributed by atoms with Crippen LogP contribution in [0.5, 0.6) is 0 Å². The van der Waals surface area contributed by atoms with E-state index in [0.29, 0.717) is 12.0 Å². The number of rotatable bonds is 8. The fourth-order valence-corrected chi connectivity index (χ4v) is 2.01. The maximum atomic E-state index is 11.4. The van der Waals surface area contributed by atoms with Gasteiger partial charge in [0.15, 0.2) is 0 Å². The SMILES string of the molecule is CCCCNC(=O)CNCC1(C(C)C)CC1. The van der Waals surface area contributed by atoms with Crippen molar-refractivity contribution < 1.29 is 4.79 Å². The molecule has 94 valence electrons.